The van der Waals surface area contributed by atoms with Crippen molar-refractivity contribution in [2.24, 2.45) is 5.73 Å². The molecule has 3 rings (SSSR count). The van der Waals surface area contributed by atoms with Crippen molar-refractivity contribution < 1.29 is 4.52 Å². The second-order valence-electron chi connectivity index (χ2n) is 5.54. The first-order chi connectivity index (χ1) is 9.62. The normalized spacial score (nSPS) is 11.9. The van der Waals surface area contributed by atoms with Crippen LogP contribution in [0.5, 0.6) is 0 Å². The molecule has 4 heteroatoms. The van der Waals surface area contributed by atoms with E-state index in [1.807, 2.05) is 38.1 Å². The highest BCUT2D eigenvalue weighted by Crippen LogP contribution is 2.28. The van der Waals surface area contributed by atoms with Gasteiger partial charge in [-0.3, -0.25) is 0 Å². The molecule has 20 heavy (non-hydrogen) atoms. The van der Waals surface area contributed by atoms with E-state index in [2.05, 4.69) is 28.3 Å². The van der Waals surface area contributed by atoms with Crippen molar-refractivity contribution in [3.8, 4) is 11.4 Å². The average molecular weight is 267 g/mol. The van der Waals surface area contributed by atoms with Crippen molar-refractivity contribution in [3.63, 3.8) is 0 Å². The van der Waals surface area contributed by atoms with Crippen molar-refractivity contribution in [2.45, 2.75) is 19.3 Å². The smallest absolute Gasteiger partial charge is 0.233 e. The summed E-state index contributed by atoms with van der Waals surface area (Å²) in [5.41, 5.74) is 6.42. The van der Waals surface area contributed by atoms with Crippen LogP contribution < -0.4 is 5.73 Å². The van der Waals surface area contributed by atoms with Gasteiger partial charge in [0, 0.05) is 12.1 Å². The zero-order chi connectivity index (χ0) is 14.2. The number of aromatic nitrogens is 2. The summed E-state index contributed by atoms with van der Waals surface area (Å²) in [7, 11) is 0. The van der Waals surface area contributed by atoms with Crippen LogP contribution in [0.15, 0.2) is 47.0 Å². The molecule has 0 unspecified atom stereocenters. The van der Waals surface area contributed by atoms with E-state index in [9.17, 15) is 0 Å². The van der Waals surface area contributed by atoms with E-state index in [1.165, 1.54) is 0 Å². The van der Waals surface area contributed by atoms with Crippen molar-refractivity contribution in [3.05, 3.63) is 48.4 Å². The fourth-order valence-corrected chi connectivity index (χ4v) is 2.12. The largest absolute Gasteiger partial charge is 0.338 e. The van der Waals surface area contributed by atoms with Crippen LogP contribution >= 0.6 is 0 Å². The summed E-state index contributed by atoms with van der Waals surface area (Å²) in [6, 6.07) is 14.2. The molecule has 0 fully saturated rings. The lowest BCUT2D eigenvalue weighted by Gasteiger charge is -2.15. The molecule has 1 aromatic heterocycles. The molecule has 1 heterocycles. The minimum atomic E-state index is -0.310. The van der Waals surface area contributed by atoms with E-state index >= 15 is 0 Å². The minimum Gasteiger partial charge on any atom is -0.338 e. The molecule has 2 aromatic carbocycles. The summed E-state index contributed by atoms with van der Waals surface area (Å²) in [5, 5.41) is 6.39. The summed E-state index contributed by atoms with van der Waals surface area (Å²) in [4.78, 5) is 4.52. The molecule has 0 aliphatic carbocycles. The molecule has 0 spiro atoms. The molecule has 0 saturated carbocycles. The number of hydrogen-bond donors (Lipinski definition) is 1. The Kier molecular flexibility index (Phi) is 3.03. The van der Waals surface area contributed by atoms with Crippen molar-refractivity contribution >= 4 is 10.8 Å². The monoisotopic (exact) mass is 267 g/mol. The van der Waals surface area contributed by atoms with E-state index in [4.69, 9.17) is 10.3 Å². The highest BCUT2D eigenvalue weighted by molar-refractivity contribution is 5.94. The molecule has 0 amide bonds. The zero-order valence-corrected chi connectivity index (χ0v) is 11.6. The quantitative estimate of drug-likeness (QED) is 0.791. The molecule has 0 atom stereocenters. The van der Waals surface area contributed by atoms with Gasteiger partial charge in [-0.05, 0) is 24.6 Å². The van der Waals surface area contributed by atoms with Gasteiger partial charge in [0.2, 0.25) is 11.7 Å². The van der Waals surface area contributed by atoms with E-state index in [1.54, 1.807) is 0 Å². The first-order valence-corrected chi connectivity index (χ1v) is 6.64. The molecular weight excluding hydrogens is 250 g/mol. The molecule has 3 aromatic rings. The van der Waals surface area contributed by atoms with Crippen LogP contribution in [0.1, 0.15) is 19.7 Å². The first kappa shape index (κ1) is 12.8. The maximum Gasteiger partial charge on any atom is 0.233 e. The summed E-state index contributed by atoms with van der Waals surface area (Å²) in [5.74, 6) is 1.18. The van der Waals surface area contributed by atoms with Gasteiger partial charge in [-0.2, -0.15) is 4.98 Å². The highest BCUT2D eigenvalue weighted by atomic mass is 16.5. The van der Waals surface area contributed by atoms with Gasteiger partial charge in [0.25, 0.3) is 0 Å². The molecule has 0 saturated heterocycles. The van der Waals surface area contributed by atoms with Crippen LogP contribution in [0.3, 0.4) is 0 Å². The molecule has 102 valence electrons. The molecule has 2 N–H and O–H groups in total. The van der Waals surface area contributed by atoms with Crippen molar-refractivity contribution in [1.82, 2.24) is 10.1 Å². The average Bonchev–Trinajstić information content (AvgIpc) is 2.97. The third-order valence-electron chi connectivity index (χ3n) is 3.55. The lowest BCUT2D eigenvalue weighted by atomic mass is 9.94. The van der Waals surface area contributed by atoms with E-state index in [-0.39, 0.29) is 5.41 Å². The standard InChI is InChI=1S/C16H17N3O/c1-16(2,10-17)15-18-14(19-20-15)13-9-5-7-11-6-3-4-8-12(11)13/h3-9H,10,17H2,1-2H3. The highest BCUT2D eigenvalue weighted by Gasteiger charge is 2.26. The number of fused-ring (bicyclic) bond motifs is 1. The SMILES string of the molecule is CC(C)(CN)c1nc(-c2cccc3ccccc23)no1. The Morgan fingerprint density at radius 3 is 2.65 bits per heavy atom. The second-order valence-corrected chi connectivity index (χ2v) is 5.54. The Morgan fingerprint density at radius 2 is 1.85 bits per heavy atom. The van der Waals surface area contributed by atoms with Gasteiger partial charge >= 0.3 is 0 Å². The third-order valence-corrected chi connectivity index (χ3v) is 3.55. The van der Waals surface area contributed by atoms with Gasteiger partial charge in [0.1, 0.15) is 0 Å². The molecule has 0 radical (unpaired) electrons. The fraction of sp³-hybridized carbons (Fsp3) is 0.250. The second kappa shape index (κ2) is 4.72. The van der Waals surface area contributed by atoms with Crippen LogP contribution in [0.25, 0.3) is 22.2 Å². The van der Waals surface area contributed by atoms with Crippen molar-refractivity contribution in [1.29, 1.82) is 0 Å². The Labute approximate surface area is 117 Å². The summed E-state index contributed by atoms with van der Waals surface area (Å²) in [6.07, 6.45) is 0. The predicted molar refractivity (Wildman–Crippen MR) is 79.3 cm³/mol. The van der Waals surface area contributed by atoms with Crippen LogP contribution in [0.4, 0.5) is 0 Å². The fourth-order valence-electron chi connectivity index (χ4n) is 2.12. The summed E-state index contributed by atoms with van der Waals surface area (Å²) >= 11 is 0. The predicted octanol–water partition coefficient (Wildman–Crippen LogP) is 3.13. The minimum absolute atomic E-state index is 0.310. The lowest BCUT2D eigenvalue weighted by Crippen LogP contribution is -2.28. The lowest BCUT2D eigenvalue weighted by molar-refractivity contribution is 0.311. The molecule has 0 aliphatic rings. The van der Waals surface area contributed by atoms with Gasteiger partial charge in [-0.25, -0.2) is 0 Å². The Morgan fingerprint density at radius 1 is 1.10 bits per heavy atom. The van der Waals surface area contributed by atoms with E-state index < -0.39 is 0 Å². The topological polar surface area (TPSA) is 64.9 Å². The van der Waals surface area contributed by atoms with Crippen molar-refractivity contribution in [2.75, 3.05) is 6.54 Å². The van der Waals surface area contributed by atoms with Gasteiger partial charge in [0.05, 0.1) is 5.41 Å². The van der Waals surface area contributed by atoms with Gasteiger partial charge < -0.3 is 10.3 Å². The maximum atomic E-state index is 5.75. The number of rotatable bonds is 3. The van der Waals surface area contributed by atoms with Crippen LogP contribution in [0.2, 0.25) is 0 Å². The molecular formula is C16H17N3O. The van der Waals surface area contributed by atoms with E-state index in [0.29, 0.717) is 18.3 Å². The number of benzene rings is 2. The third kappa shape index (κ3) is 2.08. The Hall–Kier alpha value is -2.20. The van der Waals surface area contributed by atoms with Gasteiger partial charge in [-0.1, -0.05) is 47.6 Å². The summed E-state index contributed by atoms with van der Waals surface area (Å²) in [6.45, 7) is 4.45. The summed E-state index contributed by atoms with van der Waals surface area (Å²) < 4.78 is 5.38. The Balaban J connectivity index is 2.13. The Bertz CT molecular complexity index is 741. The molecule has 0 bridgehead atoms. The van der Waals surface area contributed by atoms with Crippen LogP contribution in [-0.4, -0.2) is 16.7 Å². The van der Waals surface area contributed by atoms with Gasteiger partial charge in [-0.15, -0.1) is 0 Å². The number of hydrogen-bond acceptors (Lipinski definition) is 4. The van der Waals surface area contributed by atoms with Gasteiger partial charge in [0.15, 0.2) is 0 Å². The first-order valence-electron chi connectivity index (χ1n) is 6.64. The van der Waals surface area contributed by atoms with Crippen LogP contribution in [0, 0.1) is 0 Å². The zero-order valence-electron chi connectivity index (χ0n) is 11.6. The molecule has 0 aliphatic heterocycles. The molecule has 4 nitrogen and oxygen atoms in total. The number of nitrogens with two attached hydrogens (primary N) is 1. The number of nitrogens with zero attached hydrogens (tertiary/aromatic N) is 2. The van der Waals surface area contributed by atoms with E-state index in [0.717, 1.165) is 16.3 Å². The maximum absolute atomic E-state index is 5.75. The van der Waals surface area contributed by atoms with Crippen LogP contribution in [-0.2, 0) is 5.41 Å².